The topological polar surface area (TPSA) is 94.9 Å². The normalized spacial score (nSPS) is 29.9. The highest BCUT2D eigenvalue weighted by molar-refractivity contribution is 6.36. The first-order valence-corrected chi connectivity index (χ1v) is 9.62. The number of aromatic nitrogens is 1. The second kappa shape index (κ2) is 5.90. The predicted octanol–water partition coefficient (Wildman–Crippen LogP) is 2.16. The van der Waals surface area contributed by atoms with Gasteiger partial charge in [0.2, 0.25) is 5.91 Å². The number of pyridine rings is 1. The van der Waals surface area contributed by atoms with E-state index >= 15 is 0 Å². The first-order valence-electron chi connectivity index (χ1n) is 9.62. The zero-order valence-corrected chi connectivity index (χ0v) is 15.0. The molecule has 4 heterocycles. The van der Waals surface area contributed by atoms with Crippen LogP contribution in [0.25, 0.3) is 0 Å². The van der Waals surface area contributed by atoms with Gasteiger partial charge in [0.25, 0.3) is 0 Å². The maximum absolute atomic E-state index is 12.6. The first kappa shape index (κ1) is 16.5. The number of allylic oxidation sites excluding steroid dienone is 1. The molecule has 1 aromatic rings. The molecule has 0 bridgehead atoms. The molecule has 1 spiro atoms. The number of aliphatic imine (C=N–C) groups is 1. The molecule has 140 valence electrons. The summed E-state index contributed by atoms with van der Waals surface area (Å²) in [6, 6.07) is 3.94. The Balaban J connectivity index is 1.27. The van der Waals surface area contributed by atoms with Crippen molar-refractivity contribution in [1.29, 1.82) is 0 Å². The molecule has 27 heavy (non-hydrogen) atoms. The van der Waals surface area contributed by atoms with Crippen molar-refractivity contribution in [3.8, 4) is 0 Å². The van der Waals surface area contributed by atoms with Crippen LogP contribution in [0, 0.1) is 11.8 Å². The van der Waals surface area contributed by atoms with E-state index in [1.54, 1.807) is 6.20 Å². The average molecular weight is 366 g/mol. The lowest BCUT2D eigenvalue weighted by atomic mass is 9.85. The summed E-state index contributed by atoms with van der Waals surface area (Å²) in [6.07, 6.45) is 7.91. The van der Waals surface area contributed by atoms with Gasteiger partial charge in [0, 0.05) is 31.3 Å². The molecule has 7 heteroatoms. The number of carbonyl (C=O) groups is 2. The van der Waals surface area contributed by atoms with E-state index in [2.05, 4.69) is 20.2 Å². The Bertz CT molecular complexity index is 885. The minimum Gasteiger partial charge on any atom is -0.477 e. The van der Waals surface area contributed by atoms with Gasteiger partial charge < -0.3 is 15.3 Å². The van der Waals surface area contributed by atoms with Crippen LogP contribution in [0.5, 0.6) is 0 Å². The minimum atomic E-state index is -0.921. The number of carboxylic acid groups (broad SMARTS) is 1. The molecule has 1 saturated heterocycles. The summed E-state index contributed by atoms with van der Waals surface area (Å²) < 4.78 is 0. The summed E-state index contributed by atoms with van der Waals surface area (Å²) in [5.41, 5.74) is 0.949. The number of anilines is 1. The summed E-state index contributed by atoms with van der Waals surface area (Å²) in [4.78, 5) is 34.7. The number of rotatable bonds is 3. The number of carbonyl (C=O) groups excluding carboxylic acids is 1. The molecule has 1 aromatic heterocycles. The fourth-order valence-electron chi connectivity index (χ4n) is 5.10. The molecule has 2 atom stereocenters. The van der Waals surface area contributed by atoms with Crippen LogP contribution in [0.1, 0.15) is 37.7 Å². The van der Waals surface area contributed by atoms with E-state index in [9.17, 15) is 14.7 Å². The van der Waals surface area contributed by atoms with E-state index in [0.29, 0.717) is 18.3 Å². The van der Waals surface area contributed by atoms with Crippen molar-refractivity contribution in [2.45, 2.75) is 37.5 Å². The Labute approximate surface area is 157 Å². The molecule has 0 aromatic carbocycles. The van der Waals surface area contributed by atoms with Crippen LogP contribution in [0.4, 0.5) is 5.82 Å². The standard InChI is InChI=1S/C20H22N4O3/c25-18(26)15-4-1-5-16(22-15)24-9-6-12(7-10-24)14-11-20(14)13-3-2-8-21-17(13)23-19(20)27/h2-3,5,8,12,14H,1,4,6-7,9-11H2,(H,25,26)(H,21,23,27). The third-order valence-corrected chi connectivity index (χ3v) is 6.58. The Morgan fingerprint density at radius 1 is 1.33 bits per heavy atom. The Hall–Kier alpha value is -2.70. The quantitative estimate of drug-likeness (QED) is 0.855. The van der Waals surface area contributed by atoms with Gasteiger partial charge in [-0.25, -0.2) is 14.8 Å². The van der Waals surface area contributed by atoms with E-state index in [4.69, 9.17) is 0 Å². The maximum atomic E-state index is 12.6. The van der Waals surface area contributed by atoms with E-state index in [-0.39, 0.29) is 17.0 Å². The predicted molar refractivity (Wildman–Crippen MR) is 99.3 cm³/mol. The minimum absolute atomic E-state index is 0.106. The lowest BCUT2D eigenvalue weighted by Gasteiger charge is -2.35. The van der Waals surface area contributed by atoms with Gasteiger partial charge in [-0.15, -0.1) is 0 Å². The van der Waals surface area contributed by atoms with Crippen molar-refractivity contribution in [2.75, 3.05) is 18.4 Å². The number of piperidine rings is 1. The van der Waals surface area contributed by atoms with E-state index in [1.807, 2.05) is 18.2 Å². The molecule has 1 amide bonds. The highest BCUT2D eigenvalue weighted by Gasteiger charge is 2.66. The summed E-state index contributed by atoms with van der Waals surface area (Å²) >= 11 is 0. The zero-order valence-electron chi connectivity index (χ0n) is 15.0. The lowest BCUT2D eigenvalue weighted by Crippen LogP contribution is -2.36. The number of nitrogens with one attached hydrogen (secondary N) is 1. The smallest absolute Gasteiger partial charge is 0.350 e. The fourth-order valence-corrected chi connectivity index (χ4v) is 5.10. The van der Waals surface area contributed by atoms with Crippen molar-refractivity contribution in [1.82, 2.24) is 9.88 Å². The zero-order chi connectivity index (χ0) is 18.6. The number of aliphatic carboxylic acids is 1. The van der Waals surface area contributed by atoms with Crippen LogP contribution >= 0.6 is 0 Å². The van der Waals surface area contributed by atoms with Crippen LogP contribution < -0.4 is 5.32 Å². The summed E-state index contributed by atoms with van der Waals surface area (Å²) in [5, 5.41) is 12.1. The highest BCUT2D eigenvalue weighted by atomic mass is 16.4. The van der Waals surface area contributed by atoms with E-state index < -0.39 is 5.97 Å². The number of fused-ring (bicyclic) bond motifs is 2. The third-order valence-electron chi connectivity index (χ3n) is 6.58. The molecule has 1 aliphatic carbocycles. The van der Waals surface area contributed by atoms with E-state index in [0.717, 1.165) is 56.0 Å². The molecule has 1 saturated carbocycles. The van der Waals surface area contributed by atoms with Crippen LogP contribution in [0.2, 0.25) is 0 Å². The number of carboxylic acids is 1. The molecular weight excluding hydrogens is 344 g/mol. The molecular formula is C20H22N4O3. The van der Waals surface area contributed by atoms with Gasteiger partial charge >= 0.3 is 5.97 Å². The van der Waals surface area contributed by atoms with Crippen molar-refractivity contribution in [2.24, 2.45) is 16.8 Å². The summed E-state index contributed by atoms with van der Waals surface area (Å²) in [7, 11) is 0. The lowest BCUT2D eigenvalue weighted by molar-refractivity contribution is -0.129. The molecule has 7 nitrogen and oxygen atoms in total. The number of hydrogen-bond donors (Lipinski definition) is 2. The van der Waals surface area contributed by atoms with Gasteiger partial charge in [-0.1, -0.05) is 6.07 Å². The monoisotopic (exact) mass is 366 g/mol. The third kappa shape index (κ3) is 2.48. The Kier molecular flexibility index (Phi) is 3.60. The summed E-state index contributed by atoms with van der Waals surface area (Å²) in [5.74, 6) is 1.60. The number of hydrogen-bond acceptors (Lipinski definition) is 5. The van der Waals surface area contributed by atoms with Crippen LogP contribution in [-0.4, -0.2) is 45.7 Å². The molecule has 0 radical (unpaired) electrons. The maximum Gasteiger partial charge on any atom is 0.350 e. The second-order valence-electron chi connectivity index (χ2n) is 7.92. The Morgan fingerprint density at radius 2 is 2.15 bits per heavy atom. The molecule has 5 rings (SSSR count). The van der Waals surface area contributed by atoms with Crippen molar-refractivity contribution in [3.63, 3.8) is 0 Å². The fraction of sp³-hybridized carbons (Fsp3) is 0.500. The van der Waals surface area contributed by atoms with Gasteiger partial charge in [-0.05, 0) is 49.7 Å². The average Bonchev–Trinajstić information content (AvgIpc) is 3.38. The molecule has 4 aliphatic rings. The number of nitrogens with zero attached hydrogens (tertiary/aromatic N) is 3. The van der Waals surface area contributed by atoms with Crippen molar-refractivity contribution in [3.05, 3.63) is 35.8 Å². The van der Waals surface area contributed by atoms with Crippen LogP contribution in [0.15, 0.2) is 35.2 Å². The molecule has 3 aliphatic heterocycles. The van der Waals surface area contributed by atoms with E-state index in [1.165, 1.54) is 0 Å². The van der Waals surface area contributed by atoms with Crippen LogP contribution in [0.3, 0.4) is 0 Å². The largest absolute Gasteiger partial charge is 0.477 e. The van der Waals surface area contributed by atoms with Gasteiger partial charge in [0.05, 0.1) is 5.41 Å². The summed E-state index contributed by atoms with van der Waals surface area (Å²) in [6.45, 7) is 1.72. The van der Waals surface area contributed by atoms with Crippen molar-refractivity contribution < 1.29 is 14.7 Å². The van der Waals surface area contributed by atoms with Crippen LogP contribution in [-0.2, 0) is 15.0 Å². The Morgan fingerprint density at radius 3 is 2.93 bits per heavy atom. The van der Waals surface area contributed by atoms with Gasteiger partial charge in [0.1, 0.15) is 17.4 Å². The number of likely N-dealkylation sites (tertiary alicyclic amines) is 1. The first-order chi connectivity index (χ1) is 13.1. The molecule has 2 fully saturated rings. The molecule has 2 unspecified atom stereocenters. The van der Waals surface area contributed by atoms with Gasteiger partial charge in [-0.2, -0.15) is 0 Å². The van der Waals surface area contributed by atoms with Gasteiger partial charge in [-0.3, -0.25) is 4.79 Å². The highest BCUT2D eigenvalue weighted by Crippen LogP contribution is 2.63. The number of amides is 1. The van der Waals surface area contributed by atoms with Crippen molar-refractivity contribution >= 4 is 23.4 Å². The van der Waals surface area contributed by atoms with Gasteiger partial charge in [0.15, 0.2) is 0 Å². The SMILES string of the molecule is O=C(O)C1=NC(N2CCC(C3CC34C(=O)Nc3ncccc34)CC2)=CCC1. The second-order valence-corrected chi connectivity index (χ2v) is 7.92. The molecule has 2 N–H and O–H groups in total.